The fourth-order valence-corrected chi connectivity index (χ4v) is 5.43. The lowest BCUT2D eigenvalue weighted by molar-refractivity contribution is -0.536. The van der Waals surface area contributed by atoms with Crippen LogP contribution in [0.2, 0.25) is 5.02 Å². The molecule has 1 aromatic heterocycles. The molecule has 218 valence electrons. The highest BCUT2D eigenvalue weighted by molar-refractivity contribution is 7.47. The maximum absolute atomic E-state index is 14.0. The first-order valence-corrected chi connectivity index (χ1v) is 14.9. The summed E-state index contributed by atoms with van der Waals surface area (Å²) in [5, 5.41) is 19.3. The van der Waals surface area contributed by atoms with E-state index in [9.17, 15) is 9.67 Å². The second-order valence-electron chi connectivity index (χ2n) is 9.00. The first-order valence-electron chi connectivity index (χ1n) is 13.0. The molecule has 0 bridgehead atoms. The Bertz CT molecular complexity index is 1660. The van der Waals surface area contributed by atoms with E-state index in [0.29, 0.717) is 28.0 Å². The van der Waals surface area contributed by atoms with Crippen LogP contribution in [0.15, 0.2) is 122 Å². The normalized spacial score (nSPS) is 10.5. The Kier molecular flexibility index (Phi) is 10.7. The van der Waals surface area contributed by atoms with Crippen molar-refractivity contribution in [3.05, 3.63) is 143 Å². The molecule has 4 aromatic carbocycles. The van der Waals surface area contributed by atoms with Crippen molar-refractivity contribution < 1.29 is 32.5 Å². The van der Waals surface area contributed by atoms with Gasteiger partial charge in [0, 0.05) is 12.1 Å². The molecule has 5 rings (SSSR count). The number of hydrogen-bond donors (Lipinski definition) is 0. The maximum atomic E-state index is 14.0. The molecule has 0 N–H and O–H groups in total. The molecular weight excluding hydrogens is 587 g/mol. The minimum Gasteiger partial charge on any atom is -0.872 e. The molecule has 0 fully saturated rings. The van der Waals surface area contributed by atoms with Gasteiger partial charge >= 0.3 is 7.75 Å². The third-order valence-corrected chi connectivity index (χ3v) is 8.08. The molecule has 0 aliphatic carbocycles. The van der Waals surface area contributed by atoms with E-state index in [-0.39, 0.29) is 11.3 Å². The highest BCUT2D eigenvalue weighted by Crippen LogP contribution is 2.44. The second-order valence-corrected chi connectivity index (χ2v) is 11.2. The molecule has 8 nitrogen and oxygen atoms in total. The van der Waals surface area contributed by atoms with Crippen molar-refractivity contribution >= 4 is 19.3 Å². The summed E-state index contributed by atoms with van der Waals surface area (Å²) in [5.74, 6) is 1.94. The fourth-order valence-electron chi connectivity index (χ4n) is 3.80. The third-order valence-electron chi connectivity index (χ3n) is 6.04. The van der Waals surface area contributed by atoms with Crippen molar-refractivity contribution in [2.24, 2.45) is 0 Å². The summed E-state index contributed by atoms with van der Waals surface area (Å²) in [4.78, 5) is 0. The Morgan fingerprint density at radius 3 is 1.70 bits per heavy atom. The molecule has 0 radical (unpaired) electrons. The van der Waals surface area contributed by atoms with Crippen molar-refractivity contribution in [2.45, 2.75) is 6.42 Å². The number of halogens is 1. The Balaban J connectivity index is 0.000000359. The van der Waals surface area contributed by atoms with Crippen LogP contribution in [0.1, 0.15) is 16.7 Å². The Hall–Kier alpha value is -4.96. The molecule has 10 heteroatoms. The molecule has 0 amide bonds. The van der Waals surface area contributed by atoms with E-state index in [1.54, 1.807) is 81.2 Å². The second kappa shape index (κ2) is 14.8. The number of rotatable bonds is 9. The predicted molar refractivity (Wildman–Crippen MR) is 162 cm³/mol. The fraction of sp³-hybridized carbons (Fsp3) is 0.0909. The number of methoxy groups -OCH3 is 2. The van der Waals surface area contributed by atoms with Gasteiger partial charge in [-0.05, 0) is 72.1 Å². The van der Waals surface area contributed by atoms with Crippen molar-refractivity contribution in [3.63, 3.8) is 0 Å². The van der Waals surface area contributed by atoms with Crippen LogP contribution in [0.5, 0.6) is 28.7 Å². The highest BCUT2D eigenvalue weighted by Gasteiger charge is 2.42. The molecule has 5 aromatic rings. The molecule has 0 spiro atoms. The highest BCUT2D eigenvalue weighted by atomic mass is 35.5. The van der Waals surface area contributed by atoms with Gasteiger partial charge in [0.15, 0.2) is 12.4 Å². The minimum atomic E-state index is -3.83. The summed E-state index contributed by atoms with van der Waals surface area (Å²) in [6, 6.07) is 33.4. The number of pyridine rings is 1. The van der Waals surface area contributed by atoms with Gasteiger partial charge in [0.1, 0.15) is 29.1 Å². The number of nitriles is 1. The molecule has 0 aliphatic rings. The van der Waals surface area contributed by atoms with Gasteiger partial charge < -0.3 is 23.6 Å². The van der Waals surface area contributed by atoms with Gasteiger partial charge in [0.2, 0.25) is 0 Å². The Labute approximate surface area is 255 Å². The molecule has 1 heterocycles. The summed E-state index contributed by atoms with van der Waals surface area (Å²) in [6.45, 7) is 0. The lowest BCUT2D eigenvalue weighted by atomic mass is 10.1. The SMILES string of the molecule is COc1ccc(OP(=O)(Oc2ccc(OC)cc2)[n+]2ccc(Cc3ccccc3)cc2)cc1.N#Cc1cc([O-])ccc1Cl. The molecule has 43 heavy (non-hydrogen) atoms. The zero-order valence-corrected chi connectivity index (χ0v) is 25.1. The van der Waals surface area contributed by atoms with Crippen LogP contribution in [-0.4, -0.2) is 14.2 Å². The molecule has 0 unspecified atom stereocenters. The zero-order chi connectivity index (χ0) is 30.7. The van der Waals surface area contributed by atoms with Gasteiger partial charge in [-0.15, -0.1) is 5.75 Å². The third kappa shape index (κ3) is 8.76. The Morgan fingerprint density at radius 1 is 0.744 bits per heavy atom. The van der Waals surface area contributed by atoms with Gasteiger partial charge in [-0.1, -0.05) is 58.4 Å². The van der Waals surface area contributed by atoms with Crippen LogP contribution in [0, 0.1) is 11.3 Å². The quantitative estimate of drug-likeness (QED) is 0.165. The first-order chi connectivity index (χ1) is 20.8. The predicted octanol–water partition coefficient (Wildman–Crippen LogP) is 6.98. The van der Waals surface area contributed by atoms with Gasteiger partial charge in [0.25, 0.3) is 0 Å². The number of aromatic nitrogens is 1. The average Bonchev–Trinajstić information content (AvgIpc) is 3.04. The number of benzene rings is 4. The molecular formula is C33H28ClN2O6P. The molecule has 0 saturated carbocycles. The largest absolute Gasteiger partial charge is 0.872 e. The van der Waals surface area contributed by atoms with Crippen LogP contribution < -0.4 is 28.0 Å². The van der Waals surface area contributed by atoms with E-state index in [4.69, 9.17) is 35.4 Å². The summed E-state index contributed by atoms with van der Waals surface area (Å²) in [7, 11) is -0.662. The van der Waals surface area contributed by atoms with Gasteiger partial charge in [-0.3, -0.25) is 0 Å². The van der Waals surface area contributed by atoms with Crippen molar-refractivity contribution in [1.82, 2.24) is 0 Å². The summed E-state index contributed by atoms with van der Waals surface area (Å²) in [6.07, 6.45) is 4.20. The van der Waals surface area contributed by atoms with Crippen LogP contribution in [0.25, 0.3) is 0 Å². The number of nitrogens with zero attached hydrogens (tertiary/aromatic N) is 2. The van der Waals surface area contributed by atoms with E-state index in [1.807, 2.05) is 30.3 Å². The van der Waals surface area contributed by atoms with Crippen LogP contribution >= 0.6 is 19.3 Å². The maximum Gasteiger partial charge on any atom is 0.728 e. The number of hydrogen-bond acceptors (Lipinski definition) is 7. The van der Waals surface area contributed by atoms with Crippen LogP contribution in [-0.2, 0) is 11.0 Å². The molecule has 0 aliphatic heterocycles. The van der Waals surface area contributed by atoms with Gasteiger partial charge in [0.05, 0.1) is 24.8 Å². The molecule has 0 saturated heterocycles. The lowest BCUT2D eigenvalue weighted by Gasteiger charge is -2.14. The summed E-state index contributed by atoms with van der Waals surface area (Å²) < 4.78 is 37.7. The zero-order valence-electron chi connectivity index (χ0n) is 23.4. The monoisotopic (exact) mass is 614 g/mol. The van der Waals surface area contributed by atoms with Crippen LogP contribution in [0.3, 0.4) is 0 Å². The average molecular weight is 615 g/mol. The Morgan fingerprint density at radius 2 is 1.23 bits per heavy atom. The van der Waals surface area contributed by atoms with E-state index in [0.717, 1.165) is 12.0 Å². The van der Waals surface area contributed by atoms with E-state index >= 15 is 0 Å². The van der Waals surface area contributed by atoms with Crippen molar-refractivity contribution in [1.29, 1.82) is 5.26 Å². The van der Waals surface area contributed by atoms with Crippen molar-refractivity contribution in [3.8, 4) is 34.8 Å². The summed E-state index contributed by atoms with van der Waals surface area (Å²) in [5.41, 5.74) is 2.51. The van der Waals surface area contributed by atoms with E-state index < -0.39 is 7.75 Å². The first kappa shape index (κ1) is 31.0. The smallest absolute Gasteiger partial charge is 0.728 e. The van der Waals surface area contributed by atoms with E-state index in [2.05, 4.69) is 12.1 Å². The summed E-state index contributed by atoms with van der Waals surface area (Å²) >= 11 is 5.53. The topological polar surface area (TPSA) is 105 Å². The number of ether oxygens (including phenoxy) is 2. The molecule has 0 atom stereocenters. The van der Waals surface area contributed by atoms with Crippen molar-refractivity contribution in [2.75, 3.05) is 14.2 Å². The van der Waals surface area contributed by atoms with Crippen LogP contribution in [0.4, 0.5) is 0 Å². The van der Waals surface area contributed by atoms with E-state index in [1.165, 1.54) is 28.1 Å². The van der Waals surface area contributed by atoms with Gasteiger partial charge in [-0.25, -0.2) is 0 Å². The standard InChI is InChI=1S/C26H25NO5P.C7H4ClNO/c1-29-23-8-12-25(13-9-23)31-33(28,32-26-14-10-24(30-2)11-15-26)27-18-16-22(17-19-27)20-21-6-4-3-5-7-21;8-7-2-1-6(10)3-5(7)4-9/h3-19H,20H2,1-2H3;1-3,10H/q+1;/p-1. The lowest BCUT2D eigenvalue weighted by Crippen LogP contribution is -2.35. The minimum absolute atomic E-state index is 0.194. The van der Waals surface area contributed by atoms with Gasteiger partial charge in [-0.2, -0.15) is 9.83 Å².